The van der Waals surface area contributed by atoms with E-state index in [0.29, 0.717) is 17.8 Å². The lowest BCUT2D eigenvalue weighted by atomic mass is 10.2. The zero-order valence-electron chi connectivity index (χ0n) is 9.74. The van der Waals surface area contributed by atoms with Gasteiger partial charge in [0.2, 0.25) is 0 Å². The van der Waals surface area contributed by atoms with Gasteiger partial charge in [-0.05, 0) is 24.6 Å². The number of hydrogen-bond acceptors (Lipinski definition) is 3. The first-order valence-electron chi connectivity index (χ1n) is 5.31. The van der Waals surface area contributed by atoms with Crippen molar-refractivity contribution in [2.45, 2.75) is 13.5 Å². The number of aromatic nitrogens is 2. The van der Waals surface area contributed by atoms with E-state index in [1.54, 1.807) is 25.3 Å². The van der Waals surface area contributed by atoms with Crippen molar-refractivity contribution in [3.8, 4) is 0 Å². The lowest BCUT2D eigenvalue weighted by Crippen LogP contribution is -2.31. The van der Waals surface area contributed by atoms with Gasteiger partial charge in [-0.1, -0.05) is 22.0 Å². The van der Waals surface area contributed by atoms with E-state index in [1.807, 2.05) is 6.07 Å². The maximum Gasteiger partial charge on any atom is 0.328 e. The van der Waals surface area contributed by atoms with Crippen molar-refractivity contribution in [2.24, 2.45) is 0 Å². The number of hydrogen-bond donors (Lipinski definition) is 2. The summed E-state index contributed by atoms with van der Waals surface area (Å²) in [5.74, 6) is 0. The van der Waals surface area contributed by atoms with E-state index in [9.17, 15) is 9.59 Å². The van der Waals surface area contributed by atoms with Crippen LogP contribution in [0.2, 0.25) is 0 Å². The largest absolute Gasteiger partial charge is 0.399 e. The number of nitrogens with zero attached hydrogens (tertiary/aromatic N) is 1. The van der Waals surface area contributed by atoms with Crippen LogP contribution < -0.4 is 17.0 Å². The molecule has 6 heteroatoms. The molecule has 0 amide bonds. The van der Waals surface area contributed by atoms with Crippen LogP contribution in [-0.4, -0.2) is 9.55 Å². The Kier molecular flexibility index (Phi) is 3.38. The molecule has 0 radical (unpaired) electrons. The van der Waals surface area contributed by atoms with Crippen LogP contribution in [0.25, 0.3) is 0 Å². The fourth-order valence-electron chi connectivity index (χ4n) is 1.61. The van der Waals surface area contributed by atoms with Crippen molar-refractivity contribution in [1.82, 2.24) is 9.55 Å². The number of H-pyrrole nitrogens is 1. The van der Waals surface area contributed by atoms with Crippen LogP contribution >= 0.6 is 15.9 Å². The Labute approximate surface area is 111 Å². The summed E-state index contributed by atoms with van der Waals surface area (Å²) in [6.07, 6.45) is 1.55. The molecule has 0 fully saturated rings. The van der Waals surface area contributed by atoms with Crippen molar-refractivity contribution in [2.75, 3.05) is 5.73 Å². The number of aryl methyl sites for hydroxylation is 1. The topological polar surface area (TPSA) is 80.9 Å². The van der Waals surface area contributed by atoms with E-state index in [4.69, 9.17) is 5.73 Å². The Morgan fingerprint density at radius 2 is 2.11 bits per heavy atom. The Hall–Kier alpha value is -1.82. The highest BCUT2D eigenvalue weighted by atomic mass is 79.9. The lowest BCUT2D eigenvalue weighted by molar-refractivity contribution is 0.712. The van der Waals surface area contributed by atoms with Crippen LogP contribution in [-0.2, 0) is 6.54 Å². The molecular weight excluding hydrogens is 298 g/mol. The molecule has 1 aromatic carbocycles. The Morgan fingerprint density at radius 1 is 1.39 bits per heavy atom. The molecule has 5 nitrogen and oxygen atoms in total. The molecule has 1 heterocycles. The highest BCUT2D eigenvalue weighted by molar-refractivity contribution is 9.10. The quantitative estimate of drug-likeness (QED) is 0.819. The van der Waals surface area contributed by atoms with Crippen molar-refractivity contribution in [1.29, 1.82) is 0 Å². The Morgan fingerprint density at radius 3 is 2.78 bits per heavy atom. The number of nitrogen functional groups attached to an aromatic ring is 1. The number of nitrogens with two attached hydrogens (primary N) is 1. The number of aromatic amines is 1. The van der Waals surface area contributed by atoms with Gasteiger partial charge < -0.3 is 5.73 Å². The second-order valence-electron chi connectivity index (χ2n) is 4.05. The summed E-state index contributed by atoms with van der Waals surface area (Å²) in [5.41, 5.74) is 6.94. The molecule has 0 saturated carbocycles. The first-order valence-corrected chi connectivity index (χ1v) is 6.11. The average molecular weight is 310 g/mol. The van der Waals surface area contributed by atoms with E-state index in [2.05, 4.69) is 20.9 Å². The van der Waals surface area contributed by atoms with Crippen LogP contribution in [0.3, 0.4) is 0 Å². The molecule has 3 N–H and O–H groups in total. The minimum absolute atomic E-state index is 0.354. The second kappa shape index (κ2) is 4.81. The van der Waals surface area contributed by atoms with Crippen LogP contribution in [0.15, 0.2) is 38.5 Å². The van der Waals surface area contributed by atoms with E-state index < -0.39 is 5.69 Å². The molecule has 1 aromatic heterocycles. The van der Waals surface area contributed by atoms with Crippen LogP contribution in [0.5, 0.6) is 0 Å². The average Bonchev–Trinajstić information content (AvgIpc) is 2.29. The minimum Gasteiger partial charge on any atom is -0.399 e. The SMILES string of the molecule is Cc1cn(Cc2ccc(N)cc2Br)c(=O)[nH]c1=O. The first-order chi connectivity index (χ1) is 8.47. The highest BCUT2D eigenvalue weighted by Gasteiger charge is 2.05. The molecule has 0 aliphatic carbocycles. The smallest absolute Gasteiger partial charge is 0.328 e. The summed E-state index contributed by atoms with van der Waals surface area (Å²) < 4.78 is 2.28. The molecule has 2 rings (SSSR count). The molecule has 0 bridgehead atoms. The van der Waals surface area contributed by atoms with Gasteiger partial charge >= 0.3 is 5.69 Å². The van der Waals surface area contributed by atoms with Gasteiger partial charge in [-0.15, -0.1) is 0 Å². The van der Waals surface area contributed by atoms with Crippen LogP contribution in [0.4, 0.5) is 5.69 Å². The molecule has 18 heavy (non-hydrogen) atoms. The molecule has 0 spiro atoms. The van der Waals surface area contributed by atoms with Gasteiger partial charge in [-0.2, -0.15) is 0 Å². The standard InChI is InChI=1S/C12H12BrN3O2/c1-7-5-16(12(18)15-11(7)17)6-8-2-3-9(14)4-10(8)13/h2-5H,6,14H2,1H3,(H,15,17,18). The summed E-state index contributed by atoms with van der Waals surface area (Å²) in [4.78, 5) is 25.2. The Bertz CT molecular complexity index is 703. The summed E-state index contributed by atoms with van der Waals surface area (Å²) in [5, 5.41) is 0. The third-order valence-electron chi connectivity index (χ3n) is 2.61. The molecule has 94 valence electrons. The third-order valence-corrected chi connectivity index (χ3v) is 3.34. The molecule has 0 unspecified atom stereocenters. The van der Waals surface area contributed by atoms with Gasteiger partial charge in [0.1, 0.15) is 0 Å². The van der Waals surface area contributed by atoms with Gasteiger partial charge in [0.05, 0.1) is 6.54 Å². The predicted molar refractivity (Wildman–Crippen MR) is 73.7 cm³/mol. The summed E-state index contributed by atoms with van der Waals surface area (Å²) >= 11 is 3.39. The lowest BCUT2D eigenvalue weighted by Gasteiger charge is -2.08. The van der Waals surface area contributed by atoms with E-state index in [0.717, 1.165) is 10.0 Å². The van der Waals surface area contributed by atoms with Gasteiger partial charge in [0, 0.05) is 21.9 Å². The number of benzene rings is 1. The van der Waals surface area contributed by atoms with Crippen molar-refractivity contribution in [3.63, 3.8) is 0 Å². The molecule has 0 atom stereocenters. The summed E-state index contributed by atoms with van der Waals surface area (Å²) in [6, 6.07) is 5.38. The fourth-order valence-corrected chi connectivity index (χ4v) is 2.13. The molecule has 2 aromatic rings. The first kappa shape index (κ1) is 12.6. The maximum atomic E-state index is 11.6. The van der Waals surface area contributed by atoms with E-state index in [-0.39, 0.29) is 5.56 Å². The monoisotopic (exact) mass is 309 g/mol. The molecule has 0 aliphatic heterocycles. The number of rotatable bonds is 2. The van der Waals surface area contributed by atoms with Gasteiger partial charge in [0.15, 0.2) is 0 Å². The number of nitrogens with one attached hydrogen (secondary N) is 1. The zero-order valence-corrected chi connectivity index (χ0v) is 11.3. The van der Waals surface area contributed by atoms with Gasteiger partial charge in [0.25, 0.3) is 5.56 Å². The minimum atomic E-state index is -0.422. The van der Waals surface area contributed by atoms with Gasteiger partial charge in [-0.3, -0.25) is 14.3 Å². The maximum absolute atomic E-state index is 11.6. The van der Waals surface area contributed by atoms with Crippen molar-refractivity contribution >= 4 is 21.6 Å². The molecule has 0 aliphatic rings. The highest BCUT2D eigenvalue weighted by Crippen LogP contribution is 2.20. The van der Waals surface area contributed by atoms with E-state index in [1.165, 1.54) is 4.57 Å². The summed E-state index contributed by atoms with van der Waals surface area (Å²) in [7, 11) is 0. The number of anilines is 1. The number of halogens is 1. The van der Waals surface area contributed by atoms with Crippen LogP contribution in [0, 0.1) is 6.92 Å². The molecular formula is C12H12BrN3O2. The van der Waals surface area contributed by atoms with Crippen molar-refractivity contribution < 1.29 is 0 Å². The Balaban J connectivity index is 2.43. The zero-order chi connectivity index (χ0) is 13.3. The van der Waals surface area contributed by atoms with E-state index >= 15 is 0 Å². The normalized spacial score (nSPS) is 10.6. The van der Waals surface area contributed by atoms with Crippen molar-refractivity contribution in [3.05, 3.63) is 60.8 Å². The summed E-state index contributed by atoms with van der Waals surface area (Å²) in [6.45, 7) is 2.03. The second-order valence-corrected chi connectivity index (χ2v) is 4.90. The van der Waals surface area contributed by atoms with Crippen LogP contribution in [0.1, 0.15) is 11.1 Å². The predicted octanol–water partition coefficient (Wildman–Crippen LogP) is 1.24. The fraction of sp³-hybridized carbons (Fsp3) is 0.167. The third kappa shape index (κ3) is 2.53. The molecule has 0 saturated heterocycles. The van der Waals surface area contributed by atoms with Gasteiger partial charge in [-0.25, -0.2) is 4.79 Å².